The van der Waals surface area contributed by atoms with Crippen LogP contribution < -0.4 is 10.6 Å². The van der Waals surface area contributed by atoms with Crippen molar-refractivity contribution in [2.24, 2.45) is 5.41 Å². The molecule has 0 saturated heterocycles. The van der Waals surface area contributed by atoms with Crippen LogP contribution in [0, 0.1) is 5.41 Å². The quantitative estimate of drug-likeness (QED) is 0.769. The lowest BCUT2D eigenvalue weighted by atomic mass is 9.66. The summed E-state index contributed by atoms with van der Waals surface area (Å²) in [6, 6.07) is 4.36. The van der Waals surface area contributed by atoms with E-state index in [4.69, 9.17) is 28.3 Å². The molecular weight excluding hydrogens is 315 g/mol. The minimum absolute atomic E-state index is 0.0746. The molecule has 2 amide bonds. The molecule has 0 bridgehead atoms. The van der Waals surface area contributed by atoms with E-state index in [0.717, 1.165) is 19.3 Å². The van der Waals surface area contributed by atoms with Gasteiger partial charge >= 0.3 is 12.0 Å². The van der Waals surface area contributed by atoms with Gasteiger partial charge < -0.3 is 15.7 Å². The fourth-order valence-electron chi connectivity index (χ4n) is 2.44. The first kappa shape index (κ1) is 15.9. The highest BCUT2D eigenvalue weighted by Crippen LogP contribution is 2.43. The van der Waals surface area contributed by atoms with Crippen molar-refractivity contribution in [2.45, 2.75) is 25.7 Å². The van der Waals surface area contributed by atoms with E-state index in [-0.39, 0.29) is 11.8 Å². The Morgan fingerprint density at radius 3 is 2.57 bits per heavy atom. The SMILES string of the molecule is O=C(O)CC1(CNC(=O)Nc2cc(Cl)ccc2Cl)CCC1. The average Bonchev–Trinajstić information content (AvgIpc) is 2.36. The second kappa shape index (κ2) is 6.54. The maximum Gasteiger partial charge on any atom is 0.319 e. The predicted octanol–water partition coefficient (Wildman–Crippen LogP) is 3.76. The van der Waals surface area contributed by atoms with Crippen LogP contribution >= 0.6 is 23.2 Å². The molecule has 1 aliphatic carbocycles. The number of benzene rings is 1. The third kappa shape index (κ3) is 4.25. The van der Waals surface area contributed by atoms with Crippen molar-refractivity contribution < 1.29 is 14.7 Å². The van der Waals surface area contributed by atoms with Gasteiger partial charge in [-0.3, -0.25) is 4.79 Å². The van der Waals surface area contributed by atoms with Crippen molar-refractivity contribution in [1.82, 2.24) is 5.32 Å². The Bertz CT molecular complexity index is 559. The third-order valence-electron chi connectivity index (χ3n) is 3.74. The van der Waals surface area contributed by atoms with Gasteiger partial charge in [-0.05, 0) is 36.5 Å². The number of carboxylic acids is 1. The molecule has 2 rings (SSSR count). The number of hydrogen-bond donors (Lipinski definition) is 3. The molecule has 1 aromatic rings. The van der Waals surface area contributed by atoms with Crippen LogP contribution in [0.2, 0.25) is 10.0 Å². The average molecular weight is 331 g/mol. The minimum atomic E-state index is -0.838. The molecule has 1 aliphatic rings. The number of halogens is 2. The second-order valence-electron chi connectivity index (χ2n) is 5.36. The Balaban J connectivity index is 1.90. The fraction of sp³-hybridized carbons (Fsp3) is 0.429. The van der Waals surface area contributed by atoms with Crippen LogP contribution in [0.4, 0.5) is 10.5 Å². The highest BCUT2D eigenvalue weighted by molar-refractivity contribution is 6.35. The summed E-state index contributed by atoms with van der Waals surface area (Å²) in [5, 5.41) is 15.1. The molecule has 0 aliphatic heterocycles. The topological polar surface area (TPSA) is 78.4 Å². The summed E-state index contributed by atoms with van der Waals surface area (Å²) < 4.78 is 0. The van der Waals surface area contributed by atoms with E-state index in [1.807, 2.05) is 0 Å². The summed E-state index contributed by atoms with van der Waals surface area (Å²) in [5.74, 6) is -0.838. The lowest BCUT2D eigenvalue weighted by Gasteiger charge is -2.40. The molecule has 1 saturated carbocycles. The number of nitrogens with one attached hydrogen (secondary N) is 2. The molecule has 114 valence electrons. The number of carbonyl (C=O) groups excluding carboxylic acids is 1. The molecule has 0 heterocycles. The van der Waals surface area contributed by atoms with Crippen molar-refractivity contribution >= 4 is 40.9 Å². The van der Waals surface area contributed by atoms with Crippen molar-refractivity contribution in [2.75, 3.05) is 11.9 Å². The standard InChI is InChI=1S/C14H16Cl2N2O3/c15-9-2-3-10(16)11(6-9)18-13(21)17-8-14(4-1-5-14)7-12(19)20/h2-3,6H,1,4-5,7-8H2,(H,19,20)(H2,17,18,21). The molecule has 0 unspecified atom stereocenters. The Morgan fingerprint density at radius 1 is 1.29 bits per heavy atom. The number of carboxylic acid groups (broad SMARTS) is 1. The normalized spacial score (nSPS) is 15.9. The number of hydrogen-bond acceptors (Lipinski definition) is 2. The lowest BCUT2D eigenvalue weighted by molar-refractivity contribution is -0.141. The monoisotopic (exact) mass is 330 g/mol. The first-order valence-corrected chi connectivity index (χ1v) is 7.38. The molecular formula is C14H16Cl2N2O3. The zero-order valence-corrected chi connectivity index (χ0v) is 12.8. The number of urea groups is 1. The van der Waals surface area contributed by atoms with E-state index in [0.29, 0.717) is 22.3 Å². The molecule has 0 aromatic heterocycles. The second-order valence-corrected chi connectivity index (χ2v) is 6.20. The van der Waals surface area contributed by atoms with Crippen LogP contribution in [0.3, 0.4) is 0 Å². The summed E-state index contributed by atoms with van der Waals surface area (Å²) in [6.45, 7) is 0.337. The Morgan fingerprint density at radius 2 is 2.00 bits per heavy atom. The van der Waals surface area contributed by atoms with Gasteiger partial charge in [0.2, 0.25) is 0 Å². The van der Waals surface area contributed by atoms with Gasteiger partial charge in [0.25, 0.3) is 0 Å². The molecule has 5 nitrogen and oxygen atoms in total. The van der Waals surface area contributed by atoms with Crippen LogP contribution in [0.5, 0.6) is 0 Å². The first-order valence-electron chi connectivity index (χ1n) is 6.62. The van der Waals surface area contributed by atoms with Crippen LogP contribution in [-0.4, -0.2) is 23.7 Å². The van der Waals surface area contributed by atoms with Gasteiger partial charge in [-0.1, -0.05) is 29.6 Å². The summed E-state index contributed by atoms with van der Waals surface area (Å²) in [5.41, 5.74) is 0.101. The Hall–Kier alpha value is -1.46. The van der Waals surface area contributed by atoms with Crippen molar-refractivity contribution in [3.8, 4) is 0 Å². The summed E-state index contributed by atoms with van der Waals surface area (Å²) in [4.78, 5) is 22.7. The van der Waals surface area contributed by atoms with Gasteiger partial charge in [-0.2, -0.15) is 0 Å². The molecule has 0 radical (unpaired) electrons. The number of anilines is 1. The van der Waals surface area contributed by atoms with Gasteiger partial charge in [0.1, 0.15) is 0 Å². The number of aliphatic carboxylic acids is 1. The number of amides is 2. The van der Waals surface area contributed by atoms with Crippen LogP contribution in [0.1, 0.15) is 25.7 Å². The van der Waals surface area contributed by atoms with Crippen molar-refractivity contribution in [1.29, 1.82) is 0 Å². The van der Waals surface area contributed by atoms with E-state index < -0.39 is 12.0 Å². The minimum Gasteiger partial charge on any atom is -0.481 e. The van der Waals surface area contributed by atoms with Crippen LogP contribution in [0.15, 0.2) is 18.2 Å². The summed E-state index contributed by atoms with van der Waals surface area (Å²) in [6.07, 6.45) is 2.71. The highest BCUT2D eigenvalue weighted by atomic mass is 35.5. The van der Waals surface area contributed by atoms with E-state index >= 15 is 0 Å². The third-order valence-corrected chi connectivity index (χ3v) is 4.31. The summed E-state index contributed by atoms with van der Waals surface area (Å²) >= 11 is 11.8. The highest BCUT2D eigenvalue weighted by Gasteiger charge is 2.39. The van der Waals surface area contributed by atoms with Gasteiger partial charge in [-0.15, -0.1) is 0 Å². The predicted molar refractivity (Wildman–Crippen MR) is 82.0 cm³/mol. The molecule has 3 N–H and O–H groups in total. The van der Waals surface area contributed by atoms with Gasteiger partial charge in [0.15, 0.2) is 0 Å². The zero-order valence-electron chi connectivity index (χ0n) is 11.3. The fourth-order valence-corrected chi connectivity index (χ4v) is 2.78. The molecule has 1 fully saturated rings. The molecule has 0 spiro atoms. The lowest BCUT2D eigenvalue weighted by Crippen LogP contribution is -2.44. The molecule has 0 atom stereocenters. The van der Waals surface area contributed by atoms with Crippen molar-refractivity contribution in [3.63, 3.8) is 0 Å². The Kier molecular flexibility index (Phi) is 4.96. The summed E-state index contributed by atoms with van der Waals surface area (Å²) in [7, 11) is 0. The Labute approximate surface area is 132 Å². The van der Waals surface area contributed by atoms with Gasteiger partial charge in [0, 0.05) is 11.6 Å². The molecule has 1 aromatic carbocycles. The maximum atomic E-state index is 11.9. The van der Waals surface area contributed by atoms with E-state index in [9.17, 15) is 9.59 Å². The van der Waals surface area contributed by atoms with Crippen molar-refractivity contribution in [3.05, 3.63) is 28.2 Å². The van der Waals surface area contributed by atoms with Crippen LogP contribution in [-0.2, 0) is 4.79 Å². The van der Waals surface area contributed by atoms with E-state index in [1.165, 1.54) is 0 Å². The van der Waals surface area contributed by atoms with Gasteiger partial charge in [0.05, 0.1) is 17.1 Å². The first-order chi connectivity index (χ1) is 9.90. The number of carbonyl (C=O) groups is 2. The van der Waals surface area contributed by atoms with Crippen LogP contribution in [0.25, 0.3) is 0 Å². The zero-order chi connectivity index (χ0) is 15.5. The van der Waals surface area contributed by atoms with E-state index in [2.05, 4.69) is 10.6 Å². The van der Waals surface area contributed by atoms with Gasteiger partial charge in [-0.25, -0.2) is 4.79 Å². The smallest absolute Gasteiger partial charge is 0.319 e. The number of rotatable bonds is 5. The van der Waals surface area contributed by atoms with E-state index in [1.54, 1.807) is 18.2 Å². The largest absolute Gasteiger partial charge is 0.481 e. The maximum absolute atomic E-state index is 11.9. The molecule has 21 heavy (non-hydrogen) atoms. The molecule has 7 heteroatoms.